The van der Waals surface area contributed by atoms with E-state index in [1.54, 1.807) is 18.2 Å². The zero-order valence-electron chi connectivity index (χ0n) is 10.4. The van der Waals surface area contributed by atoms with Crippen molar-refractivity contribution in [3.05, 3.63) is 28.2 Å². The molecule has 0 aromatic heterocycles. The lowest BCUT2D eigenvalue weighted by Gasteiger charge is -2.23. The van der Waals surface area contributed by atoms with Crippen LogP contribution in [0.2, 0.25) is 0 Å². The molecule has 0 heterocycles. The number of carbonyl (C=O) groups is 1. The Morgan fingerprint density at radius 3 is 2.59 bits per heavy atom. The Morgan fingerprint density at radius 1 is 1.47 bits per heavy atom. The van der Waals surface area contributed by atoms with Crippen molar-refractivity contribution in [1.29, 1.82) is 0 Å². The Bertz CT molecular complexity index is 416. The highest BCUT2D eigenvalue weighted by atomic mass is 79.9. The van der Waals surface area contributed by atoms with Crippen molar-refractivity contribution in [1.82, 2.24) is 0 Å². The van der Waals surface area contributed by atoms with Gasteiger partial charge in [0.05, 0.1) is 5.56 Å². The van der Waals surface area contributed by atoms with E-state index in [9.17, 15) is 4.79 Å². The van der Waals surface area contributed by atoms with Crippen LogP contribution in [0.4, 0.5) is 5.69 Å². The predicted molar refractivity (Wildman–Crippen MR) is 73.7 cm³/mol. The van der Waals surface area contributed by atoms with Crippen LogP contribution in [0.3, 0.4) is 0 Å². The van der Waals surface area contributed by atoms with Crippen LogP contribution in [0.25, 0.3) is 0 Å². The van der Waals surface area contributed by atoms with E-state index in [2.05, 4.69) is 42.0 Å². The zero-order chi connectivity index (χ0) is 13.1. The van der Waals surface area contributed by atoms with Crippen LogP contribution < -0.4 is 5.32 Å². The molecule has 0 unspecified atom stereocenters. The van der Waals surface area contributed by atoms with Gasteiger partial charge in [0.25, 0.3) is 0 Å². The van der Waals surface area contributed by atoms with Crippen LogP contribution in [-0.4, -0.2) is 17.6 Å². The molecule has 2 N–H and O–H groups in total. The molecule has 3 nitrogen and oxygen atoms in total. The molecule has 0 saturated carbocycles. The van der Waals surface area contributed by atoms with Crippen molar-refractivity contribution < 1.29 is 9.90 Å². The largest absolute Gasteiger partial charge is 0.478 e. The molecule has 0 saturated heterocycles. The predicted octanol–water partition coefficient (Wildman–Crippen LogP) is 4.00. The first-order valence-electron chi connectivity index (χ1n) is 5.62. The standard InChI is InChI=1S/C13H18BrNO2/c1-4-13(2,3)8-15-9-5-6-10(12(16)17)11(14)7-9/h5-7,15H,4,8H2,1-3H3,(H,16,17). The summed E-state index contributed by atoms with van der Waals surface area (Å²) in [6.45, 7) is 7.41. The van der Waals surface area contributed by atoms with E-state index < -0.39 is 5.97 Å². The van der Waals surface area contributed by atoms with E-state index in [0.717, 1.165) is 18.7 Å². The van der Waals surface area contributed by atoms with Gasteiger partial charge in [-0.25, -0.2) is 4.79 Å². The molecule has 17 heavy (non-hydrogen) atoms. The van der Waals surface area contributed by atoms with Crippen LogP contribution in [0, 0.1) is 5.41 Å². The zero-order valence-corrected chi connectivity index (χ0v) is 12.0. The van der Waals surface area contributed by atoms with Crippen LogP contribution in [0.1, 0.15) is 37.6 Å². The molecule has 0 radical (unpaired) electrons. The number of rotatable bonds is 5. The monoisotopic (exact) mass is 299 g/mol. The first-order chi connectivity index (χ1) is 7.85. The molecule has 0 amide bonds. The molecular weight excluding hydrogens is 282 g/mol. The van der Waals surface area contributed by atoms with Gasteiger partial charge in [-0.05, 0) is 46.0 Å². The molecule has 4 heteroatoms. The van der Waals surface area contributed by atoms with Gasteiger partial charge in [-0.2, -0.15) is 0 Å². The second kappa shape index (κ2) is 5.54. The molecule has 1 rings (SSSR count). The maximum absolute atomic E-state index is 10.8. The Hall–Kier alpha value is -1.03. The smallest absolute Gasteiger partial charge is 0.336 e. The molecule has 0 aliphatic rings. The number of carboxylic acids is 1. The topological polar surface area (TPSA) is 49.3 Å². The highest BCUT2D eigenvalue weighted by molar-refractivity contribution is 9.10. The summed E-state index contributed by atoms with van der Waals surface area (Å²) in [6.07, 6.45) is 1.09. The highest BCUT2D eigenvalue weighted by Crippen LogP contribution is 2.24. The number of aromatic carboxylic acids is 1. The second-order valence-corrected chi connectivity index (χ2v) is 5.73. The second-order valence-electron chi connectivity index (χ2n) is 4.87. The van der Waals surface area contributed by atoms with E-state index in [1.165, 1.54) is 0 Å². The lowest BCUT2D eigenvalue weighted by atomic mass is 9.90. The van der Waals surface area contributed by atoms with Gasteiger partial charge in [-0.3, -0.25) is 0 Å². The fourth-order valence-electron chi connectivity index (χ4n) is 1.26. The van der Waals surface area contributed by atoms with Crippen LogP contribution >= 0.6 is 15.9 Å². The summed E-state index contributed by atoms with van der Waals surface area (Å²) in [6, 6.07) is 5.20. The lowest BCUT2D eigenvalue weighted by molar-refractivity contribution is 0.0696. The van der Waals surface area contributed by atoms with Crippen LogP contribution in [-0.2, 0) is 0 Å². The fraction of sp³-hybridized carbons (Fsp3) is 0.462. The minimum absolute atomic E-state index is 0.234. The van der Waals surface area contributed by atoms with Gasteiger partial charge in [-0.1, -0.05) is 20.8 Å². The number of halogens is 1. The highest BCUT2D eigenvalue weighted by Gasteiger charge is 2.15. The van der Waals surface area contributed by atoms with Gasteiger partial charge >= 0.3 is 5.97 Å². The van der Waals surface area contributed by atoms with Crippen molar-refractivity contribution >= 4 is 27.6 Å². The Morgan fingerprint density at radius 2 is 2.12 bits per heavy atom. The molecule has 0 spiro atoms. The molecule has 94 valence electrons. The molecule has 1 aromatic carbocycles. The molecule has 0 aliphatic carbocycles. The van der Waals surface area contributed by atoms with Crippen molar-refractivity contribution in [3.63, 3.8) is 0 Å². The summed E-state index contributed by atoms with van der Waals surface area (Å²) in [5.74, 6) is -0.919. The number of nitrogens with one attached hydrogen (secondary N) is 1. The maximum Gasteiger partial charge on any atom is 0.336 e. The van der Waals surface area contributed by atoms with E-state index in [4.69, 9.17) is 5.11 Å². The quantitative estimate of drug-likeness (QED) is 0.864. The summed E-state index contributed by atoms with van der Waals surface area (Å²) in [5, 5.41) is 12.2. The maximum atomic E-state index is 10.8. The van der Waals surface area contributed by atoms with Crippen LogP contribution in [0.15, 0.2) is 22.7 Å². The Kier molecular flexibility index (Phi) is 4.57. The molecule has 0 aliphatic heterocycles. The normalized spacial score (nSPS) is 11.3. The van der Waals surface area contributed by atoms with Crippen molar-refractivity contribution in [2.45, 2.75) is 27.2 Å². The lowest BCUT2D eigenvalue weighted by Crippen LogP contribution is -2.22. The molecule has 1 aromatic rings. The van der Waals surface area contributed by atoms with Gasteiger partial charge in [0.1, 0.15) is 0 Å². The first kappa shape index (κ1) is 14.0. The third-order valence-corrected chi connectivity index (χ3v) is 3.58. The van der Waals surface area contributed by atoms with Gasteiger partial charge in [-0.15, -0.1) is 0 Å². The SMILES string of the molecule is CCC(C)(C)CNc1ccc(C(=O)O)c(Br)c1. The van der Waals surface area contributed by atoms with E-state index in [-0.39, 0.29) is 11.0 Å². The number of carboxylic acid groups (broad SMARTS) is 1. The minimum atomic E-state index is -0.919. The van der Waals surface area contributed by atoms with E-state index in [1.807, 2.05) is 0 Å². The number of anilines is 1. The molecule has 0 bridgehead atoms. The average molecular weight is 300 g/mol. The summed E-state index contributed by atoms with van der Waals surface area (Å²) in [4.78, 5) is 10.8. The minimum Gasteiger partial charge on any atom is -0.478 e. The average Bonchev–Trinajstić information content (AvgIpc) is 2.26. The van der Waals surface area contributed by atoms with Crippen molar-refractivity contribution in [2.24, 2.45) is 5.41 Å². The summed E-state index contributed by atoms with van der Waals surface area (Å²) >= 11 is 3.26. The van der Waals surface area contributed by atoms with Gasteiger partial charge in [0.15, 0.2) is 0 Å². The van der Waals surface area contributed by atoms with E-state index in [0.29, 0.717) is 4.47 Å². The fourth-order valence-corrected chi connectivity index (χ4v) is 1.81. The van der Waals surface area contributed by atoms with Gasteiger partial charge < -0.3 is 10.4 Å². The van der Waals surface area contributed by atoms with Gasteiger partial charge in [0.2, 0.25) is 0 Å². The third kappa shape index (κ3) is 4.04. The van der Waals surface area contributed by atoms with Gasteiger partial charge in [0, 0.05) is 16.7 Å². The number of hydrogen-bond acceptors (Lipinski definition) is 2. The van der Waals surface area contributed by atoms with Crippen molar-refractivity contribution in [2.75, 3.05) is 11.9 Å². The first-order valence-corrected chi connectivity index (χ1v) is 6.42. The van der Waals surface area contributed by atoms with Crippen LogP contribution in [0.5, 0.6) is 0 Å². The summed E-state index contributed by atoms with van der Waals surface area (Å²) < 4.78 is 0.601. The third-order valence-electron chi connectivity index (χ3n) is 2.93. The van der Waals surface area contributed by atoms with E-state index >= 15 is 0 Å². The molecule has 0 atom stereocenters. The Balaban J connectivity index is 2.75. The summed E-state index contributed by atoms with van der Waals surface area (Å²) in [7, 11) is 0. The molecule has 0 fully saturated rings. The number of benzene rings is 1. The van der Waals surface area contributed by atoms with Crippen molar-refractivity contribution in [3.8, 4) is 0 Å². The number of hydrogen-bond donors (Lipinski definition) is 2. The Labute approximate surface area is 110 Å². The summed E-state index contributed by atoms with van der Waals surface area (Å²) in [5.41, 5.74) is 1.45. The molecular formula is C13H18BrNO2.